The van der Waals surface area contributed by atoms with E-state index in [0.29, 0.717) is 23.1 Å². The Morgan fingerprint density at radius 2 is 1.64 bits per heavy atom. The fourth-order valence-corrected chi connectivity index (χ4v) is 5.36. The van der Waals surface area contributed by atoms with Crippen molar-refractivity contribution in [2.75, 3.05) is 10.2 Å². The van der Waals surface area contributed by atoms with Gasteiger partial charge in [-0.1, -0.05) is 24.3 Å². The molecule has 2 bridgehead atoms. The minimum absolute atomic E-state index is 0.0846. The highest BCUT2D eigenvalue weighted by Gasteiger charge is 2.61. The van der Waals surface area contributed by atoms with Gasteiger partial charge in [0.05, 0.1) is 17.5 Å². The second kappa shape index (κ2) is 6.30. The first-order chi connectivity index (χ1) is 13.5. The van der Waals surface area contributed by atoms with E-state index in [1.807, 2.05) is 31.2 Å². The molecule has 28 heavy (non-hydrogen) atoms. The average molecular weight is 374 g/mol. The number of anilines is 2. The first-order valence-electron chi connectivity index (χ1n) is 9.89. The second-order valence-electron chi connectivity index (χ2n) is 8.22. The van der Waals surface area contributed by atoms with Crippen molar-refractivity contribution in [2.24, 2.45) is 23.7 Å². The molecule has 1 heterocycles. The summed E-state index contributed by atoms with van der Waals surface area (Å²) >= 11 is 0. The summed E-state index contributed by atoms with van der Waals surface area (Å²) in [6, 6.07) is 14.4. The summed E-state index contributed by atoms with van der Waals surface area (Å²) in [6.07, 6.45) is 3.12. The van der Waals surface area contributed by atoms with Gasteiger partial charge in [0.1, 0.15) is 0 Å². The fraction of sp³-hybridized carbons (Fsp3) is 0.348. The molecular formula is C23H22N2O3. The lowest BCUT2D eigenvalue weighted by Crippen LogP contribution is -2.33. The predicted molar refractivity (Wildman–Crippen MR) is 106 cm³/mol. The van der Waals surface area contributed by atoms with Crippen LogP contribution < -0.4 is 10.2 Å². The van der Waals surface area contributed by atoms with Crippen molar-refractivity contribution < 1.29 is 14.4 Å². The van der Waals surface area contributed by atoms with Gasteiger partial charge in [-0.3, -0.25) is 19.3 Å². The summed E-state index contributed by atoms with van der Waals surface area (Å²) in [5.74, 6) is -0.0350. The van der Waals surface area contributed by atoms with E-state index < -0.39 is 0 Å². The minimum atomic E-state index is -0.254. The van der Waals surface area contributed by atoms with Gasteiger partial charge >= 0.3 is 0 Å². The van der Waals surface area contributed by atoms with E-state index in [0.717, 1.165) is 30.5 Å². The van der Waals surface area contributed by atoms with Crippen molar-refractivity contribution in [3.8, 4) is 0 Å². The molecule has 2 saturated carbocycles. The maximum absolute atomic E-state index is 13.0. The maximum atomic E-state index is 13.0. The highest BCUT2D eigenvalue weighted by molar-refractivity contribution is 6.23. The van der Waals surface area contributed by atoms with Crippen molar-refractivity contribution in [3.05, 3.63) is 59.7 Å². The molecule has 0 aromatic heterocycles. The van der Waals surface area contributed by atoms with Gasteiger partial charge < -0.3 is 5.32 Å². The number of nitrogens with one attached hydrogen (secondary N) is 1. The van der Waals surface area contributed by atoms with Crippen LogP contribution in [0.5, 0.6) is 0 Å². The molecule has 3 amide bonds. The van der Waals surface area contributed by atoms with Crippen molar-refractivity contribution in [2.45, 2.75) is 26.2 Å². The van der Waals surface area contributed by atoms with Crippen molar-refractivity contribution in [1.29, 1.82) is 0 Å². The molecule has 1 saturated heterocycles. The Morgan fingerprint density at radius 3 is 2.32 bits per heavy atom. The Bertz CT molecular complexity index is 971. The molecule has 0 unspecified atom stereocenters. The van der Waals surface area contributed by atoms with E-state index in [4.69, 9.17) is 0 Å². The molecule has 5 rings (SSSR count). The van der Waals surface area contributed by atoms with Crippen LogP contribution in [-0.4, -0.2) is 17.7 Å². The van der Waals surface area contributed by atoms with Gasteiger partial charge in [-0.15, -0.1) is 0 Å². The third-order valence-corrected chi connectivity index (χ3v) is 6.69. The summed E-state index contributed by atoms with van der Waals surface area (Å²) in [7, 11) is 0. The molecule has 0 spiro atoms. The quantitative estimate of drug-likeness (QED) is 0.832. The number of hydrogen-bond acceptors (Lipinski definition) is 3. The number of fused-ring (bicyclic) bond motifs is 5. The van der Waals surface area contributed by atoms with Crippen molar-refractivity contribution in [3.63, 3.8) is 0 Å². The number of amides is 3. The summed E-state index contributed by atoms with van der Waals surface area (Å²) in [5, 5.41) is 2.90. The van der Waals surface area contributed by atoms with Gasteiger partial charge in [-0.2, -0.15) is 0 Å². The molecule has 1 aliphatic heterocycles. The monoisotopic (exact) mass is 374 g/mol. The normalized spacial score (nSPS) is 28.0. The zero-order chi connectivity index (χ0) is 19.4. The van der Waals surface area contributed by atoms with E-state index in [1.165, 1.54) is 4.90 Å². The van der Waals surface area contributed by atoms with Crippen LogP contribution in [0, 0.1) is 30.6 Å². The third kappa shape index (κ3) is 2.49. The molecule has 2 aromatic rings. The summed E-state index contributed by atoms with van der Waals surface area (Å²) < 4.78 is 0. The molecule has 142 valence electrons. The maximum Gasteiger partial charge on any atom is 0.255 e. The molecule has 3 aliphatic rings. The van der Waals surface area contributed by atoms with Crippen LogP contribution in [0.3, 0.4) is 0 Å². The van der Waals surface area contributed by atoms with Crippen molar-refractivity contribution >= 4 is 29.1 Å². The number of carbonyl (C=O) groups excluding carboxylic acids is 3. The number of carbonyl (C=O) groups is 3. The molecule has 5 nitrogen and oxygen atoms in total. The van der Waals surface area contributed by atoms with Gasteiger partial charge in [-0.25, -0.2) is 0 Å². The Hall–Kier alpha value is -2.95. The number of hydrogen-bond donors (Lipinski definition) is 1. The van der Waals surface area contributed by atoms with Crippen LogP contribution >= 0.6 is 0 Å². The molecular weight excluding hydrogens is 352 g/mol. The van der Waals surface area contributed by atoms with Crippen LogP contribution in [0.15, 0.2) is 48.5 Å². The highest BCUT2D eigenvalue weighted by atomic mass is 16.2. The van der Waals surface area contributed by atoms with Crippen LogP contribution in [0.2, 0.25) is 0 Å². The first kappa shape index (κ1) is 17.2. The molecule has 3 fully saturated rings. The SMILES string of the molecule is Cc1ccccc1NC(=O)c1cccc(N2C(=O)[C@@H]3[C@H]4CC[C@@H](C4)[C@@H]3C2=O)c1. The summed E-state index contributed by atoms with van der Waals surface area (Å²) in [6.45, 7) is 1.93. The Kier molecular flexibility index (Phi) is 3.86. The zero-order valence-electron chi connectivity index (χ0n) is 15.7. The first-order valence-corrected chi connectivity index (χ1v) is 9.89. The van der Waals surface area contributed by atoms with Gasteiger partial charge in [0.2, 0.25) is 11.8 Å². The third-order valence-electron chi connectivity index (χ3n) is 6.69. The Morgan fingerprint density at radius 1 is 0.964 bits per heavy atom. The number of nitrogens with zero attached hydrogens (tertiary/aromatic N) is 1. The number of imide groups is 1. The van der Waals surface area contributed by atoms with E-state index in [2.05, 4.69) is 5.32 Å². The number of rotatable bonds is 3. The lowest BCUT2D eigenvalue weighted by molar-refractivity contribution is -0.123. The molecule has 2 aromatic carbocycles. The lowest BCUT2D eigenvalue weighted by atomic mass is 9.81. The highest BCUT2D eigenvalue weighted by Crippen LogP contribution is 2.56. The molecule has 5 heteroatoms. The number of aryl methyl sites for hydroxylation is 1. The van der Waals surface area contributed by atoms with E-state index >= 15 is 0 Å². The fourth-order valence-electron chi connectivity index (χ4n) is 5.36. The lowest BCUT2D eigenvalue weighted by Gasteiger charge is -2.19. The number of benzene rings is 2. The van der Waals surface area contributed by atoms with Gasteiger partial charge in [0.15, 0.2) is 0 Å². The zero-order valence-corrected chi connectivity index (χ0v) is 15.7. The Labute approximate surface area is 163 Å². The van der Waals surface area contributed by atoms with Gasteiger partial charge in [0, 0.05) is 11.3 Å². The molecule has 0 radical (unpaired) electrons. The smallest absolute Gasteiger partial charge is 0.255 e. The molecule has 1 N–H and O–H groups in total. The molecule has 4 atom stereocenters. The minimum Gasteiger partial charge on any atom is -0.322 e. The van der Waals surface area contributed by atoms with Crippen molar-refractivity contribution in [1.82, 2.24) is 0 Å². The van der Waals surface area contributed by atoms with Crippen LogP contribution in [0.1, 0.15) is 35.2 Å². The van der Waals surface area contributed by atoms with Gasteiger partial charge in [0.25, 0.3) is 5.91 Å². The van der Waals surface area contributed by atoms with Crippen LogP contribution in [0.4, 0.5) is 11.4 Å². The van der Waals surface area contributed by atoms with Gasteiger partial charge in [-0.05, 0) is 67.9 Å². The number of para-hydroxylation sites is 1. The van der Waals surface area contributed by atoms with E-state index in [-0.39, 0.29) is 29.6 Å². The average Bonchev–Trinajstić information content (AvgIpc) is 3.37. The topological polar surface area (TPSA) is 66.5 Å². The summed E-state index contributed by atoms with van der Waals surface area (Å²) in [4.78, 5) is 40.0. The summed E-state index contributed by atoms with van der Waals surface area (Å²) in [5.41, 5.74) is 2.65. The largest absolute Gasteiger partial charge is 0.322 e. The van der Waals surface area contributed by atoms with E-state index in [1.54, 1.807) is 24.3 Å². The standard InChI is InChI=1S/C23H22N2O3/c1-13-5-2-3-8-18(13)24-21(26)16-6-4-7-17(12-16)25-22(27)19-14-9-10-15(11-14)20(19)23(25)28/h2-8,12,14-15,19-20H,9-11H2,1H3,(H,24,26)/t14-,15-,19-,20+/m0/s1. The van der Waals surface area contributed by atoms with E-state index in [9.17, 15) is 14.4 Å². The predicted octanol–water partition coefficient (Wildman–Crippen LogP) is 3.78. The van der Waals surface area contributed by atoms with Crippen LogP contribution in [0.25, 0.3) is 0 Å². The Balaban J connectivity index is 1.42. The molecule has 2 aliphatic carbocycles. The van der Waals surface area contributed by atoms with Crippen LogP contribution in [-0.2, 0) is 9.59 Å². The second-order valence-corrected chi connectivity index (χ2v) is 8.22.